The van der Waals surface area contributed by atoms with Gasteiger partial charge in [-0.2, -0.15) is 0 Å². The van der Waals surface area contributed by atoms with Gasteiger partial charge in [-0.3, -0.25) is 0 Å². The molecule has 0 atom stereocenters. The Bertz CT molecular complexity index is 3270. The van der Waals surface area contributed by atoms with Crippen LogP contribution in [0.2, 0.25) is 0 Å². The van der Waals surface area contributed by atoms with Crippen molar-refractivity contribution in [2.75, 3.05) is 4.90 Å². The Kier molecular flexibility index (Phi) is 9.11. The van der Waals surface area contributed by atoms with Crippen LogP contribution in [0.5, 0.6) is 0 Å². The van der Waals surface area contributed by atoms with Crippen molar-refractivity contribution >= 4 is 59.3 Å². The van der Waals surface area contributed by atoms with Crippen LogP contribution in [0.1, 0.15) is 0 Å². The molecule has 0 N–H and O–H groups in total. The van der Waals surface area contributed by atoms with E-state index in [-0.39, 0.29) is 0 Å². The van der Waals surface area contributed by atoms with Crippen LogP contribution in [-0.2, 0) is 0 Å². The monoisotopic (exact) mass is 781 g/mol. The Balaban J connectivity index is 0.928. The maximum absolute atomic E-state index is 2.34. The highest BCUT2D eigenvalue weighted by molar-refractivity contribution is 7.26. The third-order valence-electron chi connectivity index (χ3n) is 11.7. The second-order valence-corrected chi connectivity index (χ2v) is 16.3. The molecule has 0 fully saturated rings. The number of fused-ring (bicyclic) bond motifs is 4. The summed E-state index contributed by atoms with van der Waals surface area (Å²) in [7, 11) is 0. The van der Waals surface area contributed by atoms with Crippen molar-refractivity contribution in [2.24, 2.45) is 0 Å². The van der Waals surface area contributed by atoms with Crippen LogP contribution in [0.25, 0.3) is 86.6 Å². The summed E-state index contributed by atoms with van der Waals surface area (Å²) in [6.07, 6.45) is 0. The summed E-state index contributed by atoms with van der Waals surface area (Å²) in [6.45, 7) is 0. The Morgan fingerprint density at radius 3 is 1.38 bits per heavy atom. The third kappa shape index (κ3) is 6.44. The van der Waals surface area contributed by atoms with Crippen molar-refractivity contribution in [3.63, 3.8) is 0 Å². The molecule has 10 aromatic carbocycles. The smallest absolute Gasteiger partial charge is 0.0462 e. The van der Waals surface area contributed by atoms with Crippen LogP contribution in [0.15, 0.2) is 237 Å². The van der Waals surface area contributed by atoms with Gasteiger partial charge < -0.3 is 4.90 Å². The van der Waals surface area contributed by atoms with Crippen LogP contribution >= 0.6 is 11.3 Å². The van der Waals surface area contributed by atoms with Gasteiger partial charge >= 0.3 is 0 Å². The van der Waals surface area contributed by atoms with E-state index in [4.69, 9.17) is 0 Å². The predicted molar refractivity (Wildman–Crippen MR) is 259 cm³/mol. The topological polar surface area (TPSA) is 3.24 Å². The Labute approximate surface area is 354 Å². The van der Waals surface area contributed by atoms with E-state index in [9.17, 15) is 0 Å². The fourth-order valence-electron chi connectivity index (χ4n) is 8.83. The number of hydrogen-bond donors (Lipinski definition) is 0. The zero-order valence-electron chi connectivity index (χ0n) is 32.9. The van der Waals surface area contributed by atoms with Crippen LogP contribution in [0, 0.1) is 0 Å². The highest BCUT2D eigenvalue weighted by Gasteiger charge is 2.17. The fourth-order valence-corrected chi connectivity index (χ4v) is 10.1. The van der Waals surface area contributed by atoms with Gasteiger partial charge in [0.05, 0.1) is 0 Å². The van der Waals surface area contributed by atoms with Crippen LogP contribution in [0.4, 0.5) is 17.1 Å². The molecule has 1 aromatic heterocycles. The molecular weight excluding hydrogens is 743 g/mol. The Morgan fingerprint density at radius 1 is 0.267 bits per heavy atom. The lowest BCUT2D eigenvalue weighted by Crippen LogP contribution is -2.09. The maximum atomic E-state index is 2.34. The summed E-state index contributed by atoms with van der Waals surface area (Å²) in [5, 5.41) is 5.16. The first kappa shape index (κ1) is 35.6. The van der Waals surface area contributed by atoms with Gasteiger partial charge in [-0.15, -0.1) is 11.3 Å². The summed E-state index contributed by atoms with van der Waals surface area (Å²) in [4.78, 5) is 2.34. The standard InChI is InChI=1S/C58H39NS/c1-3-14-42(15-4-1)49-20-7-8-21-50(49)43-30-28-40(29-31-43)41-32-36-47(37-33-41)59(46-18-5-2-6-19-46)48-38-34-44(35-39-48)51-23-11-16-45-17-12-24-53(57(45)51)55-26-13-25-54-52-22-9-10-27-56(52)60-58(54)55/h1-39H. The highest BCUT2D eigenvalue weighted by atomic mass is 32.1. The highest BCUT2D eigenvalue weighted by Crippen LogP contribution is 2.45. The molecule has 11 rings (SSSR count). The van der Waals surface area contributed by atoms with Crippen molar-refractivity contribution in [3.05, 3.63) is 237 Å². The second-order valence-electron chi connectivity index (χ2n) is 15.2. The molecule has 0 saturated carbocycles. The minimum atomic E-state index is 1.11. The zero-order valence-corrected chi connectivity index (χ0v) is 33.7. The van der Waals surface area contributed by atoms with Crippen molar-refractivity contribution in [1.29, 1.82) is 0 Å². The molecule has 60 heavy (non-hydrogen) atoms. The van der Waals surface area contributed by atoms with E-state index in [1.807, 2.05) is 11.3 Å². The van der Waals surface area contributed by atoms with Crippen LogP contribution in [-0.4, -0.2) is 0 Å². The SMILES string of the molecule is c1ccc(-c2ccccc2-c2ccc(-c3ccc(N(c4ccccc4)c4ccc(-c5cccc6cccc(-c7cccc8c7sc7ccccc78)c56)cc4)cc3)cc2)cc1. The molecular formula is C58H39NS. The maximum Gasteiger partial charge on any atom is 0.0462 e. The van der Waals surface area contributed by atoms with Crippen molar-refractivity contribution in [1.82, 2.24) is 0 Å². The lowest BCUT2D eigenvalue weighted by Gasteiger charge is -2.26. The number of nitrogens with zero attached hydrogens (tertiary/aromatic N) is 1. The van der Waals surface area contributed by atoms with Crippen LogP contribution < -0.4 is 4.90 Å². The first-order valence-electron chi connectivity index (χ1n) is 20.5. The molecule has 0 bridgehead atoms. The molecule has 0 saturated heterocycles. The molecule has 1 nitrogen and oxygen atoms in total. The molecule has 0 aliphatic carbocycles. The van der Waals surface area contributed by atoms with Gasteiger partial charge in [-0.25, -0.2) is 0 Å². The van der Waals surface area contributed by atoms with Gasteiger partial charge in [0.2, 0.25) is 0 Å². The molecule has 0 radical (unpaired) electrons. The van der Waals surface area contributed by atoms with E-state index >= 15 is 0 Å². The van der Waals surface area contributed by atoms with Crippen LogP contribution in [0.3, 0.4) is 0 Å². The molecule has 0 aliphatic rings. The van der Waals surface area contributed by atoms with Gasteiger partial charge in [0, 0.05) is 42.8 Å². The second kappa shape index (κ2) is 15.3. The average Bonchev–Trinajstić information content (AvgIpc) is 3.72. The van der Waals surface area contributed by atoms with E-state index in [1.165, 1.54) is 86.6 Å². The van der Waals surface area contributed by atoms with Gasteiger partial charge in [0.15, 0.2) is 0 Å². The summed E-state index contributed by atoms with van der Waals surface area (Å²) in [6, 6.07) is 85.9. The first-order valence-corrected chi connectivity index (χ1v) is 21.3. The summed E-state index contributed by atoms with van der Waals surface area (Å²) in [5.41, 5.74) is 15.6. The van der Waals surface area contributed by atoms with E-state index in [0.29, 0.717) is 0 Å². The Hall–Kier alpha value is -7.52. The number of rotatable bonds is 8. The van der Waals surface area contributed by atoms with Gasteiger partial charge in [0.1, 0.15) is 0 Å². The van der Waals surface area contributed by atoms with Gasteiger partial charge in [0.25, 0.3) is 0 Å². The van der Waals surface area contributed by atoms with Crippen molar-refractivity contribution in [3.8, 4) is 55.6 Å². The minimum Gasteiger partial charge on any atom is -0.311 e. The quantitative estimate of drug-likeness (QED) is 0.148. The third-order valence-corrected chi connectivity index (χ3v) is 12.9. The fraction of sp³-hybridized carbons (Fsp3) is 0. The lowest BCUT2D eigenvalue weighted by atomic mass is 9.91. The summed E-state index contributed by atoms with van der Waals surface area (Å²) < 4.78 is 2.66. The van der Waals surface area contributed by atoms with Crippen molar-refractivity contribution < 1.29 is 0 Å². The molecule has 282 valence electrons. The Morgan fingerprint density at radius 2 is 0.700 bits per heavy atom. The van der Waals surface area contributed by atoms with Gasteiger partial charge in [-0.05, 0) is 103 Å². The van der Waals surface area contributed by atoms with Gasteiger partial charge in [-0.1, -0.05) is 194 Å². The minimum absolute atomic E-state index is 1.11. The number of thiophene rings is 1. The molecule has 2 heteroatoms. The first-order chi connectivity index (χ1) is 29.8. The molecule has 11 aromatic rings. The molecule has 0 unspecified atom stereocenters. The number of para-hydroxylation sites is 1. The molecule has 0 spiro atoms. The zero-order chi connectivity index (χ0) is 39.8. The molecule has 0 amide bonds. The van der Waals surface area contributed by atoms with E-state index < -0.39 is 0 Å². The number of benzene rings is 10. The van der Waals surface area contributed by atoms with E-state index in [1.54, 1.807) is 0 Å². The summed E-state index contributed by atoms with van der Waals surface area (Å²) in [5.74, 6) is 0. The molecule has 0 aliphatic heterocycles. The molecule has 1 heterocycles. The largest absolute Gasteiger partial charge is 0.311 e. The normalized spacial score (nSPS) is 11.3. The van der Waals surface area contributed by atoms with E-state index in [0.717, 1.165) is 17.1 Å². The number of hydrogen-bond acceptors (Lipinski definition) is 2. The number of anilines is 3. The summed E-state index contributed by atoms with van der Waals surface area (Å²) >= 11 is 1.89. The average molecular weight is 782 g/mol. The lowest BCUT2D eigenvalue weighted by molar-refractivity contribution is 1.28. The predicted octanol–water partition coefficient (Wildman–Crippen LogP) is 17.0. The van der Waals surface area contributed by atoms with E-state index in [2.05, 4.69) is 241 Å². The van der Waals surface area contributed by atoms with Crippen molar-refractivity contribution in [2.45, 2.75) is 0 Å².